The Bertz CT molecular complexity index is 1020. The lowest BCUT2D eigenvalue weighted by molar-refractivity contribution is -0.117. The van der Waals surface area contributed by atoms with Crippen molar-refractivity contribution in [2.75, 3.05) is 5.32 Å². The summed E-state index contributed by atoms with van der Waals surface area (Å²) in [7, 11) is 0. The van der Waals surface area contributed by atoms with E-state index in [0.29, 0.717) is 17.2 Å². The fraction of sp³-hybridized carbons (Fsp3) is 0.263. The van der Waals surface area contributed by atoms with Crippen molar-refractivity contribution in [1.29, 1.82) is 0 Å². The van der Waals surface area contributed by atoms with Gasteiger partial charge in [-0.25, -0.2) is 4.79 Å². The minimum absolute atomic E-state index is 0.123. The Morgan fingerprint density at radius 2 is 1.89 bits per heavy atom. The first-order chi connectivity index (χ1) is 13.1. The number of carbonyl (C=O) groups excluding carboxylic acids is 1. The van der Waals surface area contributed by atoms with Crippen LogP contribution in [0.5, 0.6) is 11.5 Å². The van der Waals surface area contributed by atoms with E-state index in [1.807, 2.05) is 37.3 Å². The summed E-state index contributed by atoms with van der Waals surface area (Å²) in [6.45, 7) is 1.80. The average Bonchev–Trinajstić information content (AvgIpc) is 3.44. The van der Waals surface area contributed by atoms with Gasteiger partial charge < -0.3 is 10.1 Å². The molecule has 0 saturated heterocycles. The summed E-state index contributed by atoms with van der Waals surface area (Å²) < 4.78 is 8.27. The summed E-state index contributed by atoms with van der Waals surface area (Å²) in [6, 6.07) is 14.9. The summed E-state index contributed by atoms with van der Waals surface area (Å²) >= 11 is 0. The molecular formula is C19H19N5O3. The molecule has 1 aliphatic carbocycles. The van der Waals surface area contributed by atoms with E-state index in [1.54, 1.807) is 18.2 Å². The molecule has 1 fully saturated rings. The highest BCUT2D eigenvalue weighted by Gasteiger charge is 2.28. The monoisotopic (exact) mass is 365 g/mol. The van der Waals surface area contributed by atoms with Crippen molar-refractivity contribution >= 4 is 11.6 Å². The Hall–Kier alpha value is -3.42. The van der Waals surface area contributed by atoms with Gasteiger partial charge in [0, 0.05) is 0 Å². The largest absolute Gasteiger partial charge is 0.455 e. The first-order valence-corrected chi connectivity index (χ1v) is 8.76. The predicted octanol–water partition coefficient (Wildman–Crippen LogP) is 2.51. The molecule has 0 unspecified atom stereocenters. The number of para-hydroxylation sites is 2. The highest BCUT2D eigenvalue weighted by Crippen LogP contribution is 2.32. The Balaban J connectivity index is 1.46. The number of hydrogen-bond donors (Lipinski definition) is 1. The number of hydrogen-bond acceptors (Lipinski definition) is 5. The zero-order valence-electron chi connectivity index (χ0n) is 14.8. The summed E-state index contributed by atoms with van der Waals surface area (Å²) in [6.07, 6.45) is 1.85. The maximum atomic E-state index is 12.4. The molecule has 0 bridgehead atoms. The number of carbonyl (C=O) groups is 1. The molecule has 0 atom stereocenters. The molecule has 3 aromatic rings. The van der Waals surface area contributed by atoms with Gasteiger partial charge in [0.15, 0.2) is 5.75 Å². The number of rotatable bonds is 6. The van der Waals surface area contributed by atoms with Crippen LogP contribution in [0.4, 0.5) is 5.69 Å². The van der Waals surface area contributed by atoms with Crippen LogP contribution in [0, 0.1) is 6.92 Å². The molecule has 1 amide bonds. The number of tetrazole rings is 1. The summed E-state index contributed by atoms with van der Waals surface area (Å²) in [5, 5.41) is 10.4. The first-order valence-electron chi connectivity index (χ1n) is 8.76. The van der Waals surface area contributed by atoms with Crippen molar-refractivity contribution in [2.24, 2.45) is 0 Å². The van der Waals surface area contributed by atoms with E-state index in [2.05, 4.69) is 15.7 Å². The molecule has 1 aromatic heterocycles. The SMILES string of the molecule is Cc1ccc(Oc2ccccc2NC(=O)Cn2nnn(C3CC3)c2=O)cc1. The summed E-state index contributed by atoms with van der Waals surface area (Å²) in [5.74, 6) is 0.814. The molecule has 0 radical (unpaired) electrons. The van der Waals surface area contributed by atoms with Crippen molar-refractivity contribution in [3.63, 3.8) is 0 Å². The zero-order valence-corrected chi connectivity index (χ0v) is 14.8. The van der Waals surface area contributed by atoms with Gasteiger partial charge >= 0.3 is 5.69 Å². The van der Waals surface area contributed by atoms with Crippen LogP contribution in [-0.2, 0) is 11.3 Å². The Labute approximate surface area is 155 Å². The highest BCUT2D eigenvalue weighted by atomic mass is 16.5. The van der Waals surface area contributed by atoms with Crippen molar-refractivity contribution < 1.29 is 9.53 Å². The van der Waals surface area contributed by atoms with Crippen LogP contribution in [0.15, 0.2) is 53.3 Å². The Kier molecular flexibility index (Phi) is 4.45. The van der Waals surface area contributed by atoms with E-state index in [0.717, 1.165) is 23.1 Å². The second-order valence-electron chi connectivity index (χ2n) is 6.55. The third-order valence-corrected chi connectivity index (χ3v) is 4.26. The van der Waals surface area contributed by atoms with E-state index in [4.69, 9.17) is 4.74 Å². The van der Waals surface area contributed by atoms with Gasteiger partial charge in [-0.2, -0.15) is 9.36 Å². The first kappa shape index (κ1) is 17.0. The topological polar surface area (TPSA) is 91.0 Å². The fourth-order valence-corrected chi connectivity index (χ4v) is 2.65. The molecule has 8 heteroatoms. The fourth-order valence-electron chi connectivity index (χ4n) is 2.65. The lowest BCUT2D eigenvalue weighted by Crippen LogP contribution is -2.30. The Morgan fingerprint density at radius 1 is 1.15 bits per heavy atom. The number of anilines is 1. The molecule has 2 aromatic carbocycles. The van der Waals surface area contributed by atoms with Crippen LogP contribution in [0.3, 0.4) is 0 Å². The lowest BCUT2D eigenvalue weighted by Gasteiger charge is -2.12. The smallest absolute Gasteiger partial charge is 0.364 e. The lowest BCUT2D eigenvalue weighted by atomic mass is 10.2. The summed E-state index contributed by atoms with van der Waals surface area (Å²) in [5.41, 5.74) is 1.29. The van der Waals surface area contributed by atoms with Gasteiger partial charge in [-0.3, -0.25) is 4.79 Å². The van der Waals surface area contributed by atoms with Gasteiger partial charge in [-0.15, -0.1) is 0 Å². The molecule has 1 N–H and O–H groups in total. The second-order valence-corrected chi connectivity index (χ2v) is 6.55. The van der Waals surface area contributed by atoms with Crippen molar-refractivity contribution in [3.05, 3.63) is 64.6 Å². The number of aromatic nitrogens is 4. The average molecular weight is 365 g/mol. The van der Waals surface area contributed by atoms with Gasteiger partial charge in [0.05, 0.1) is 11.7 Å². The normalized spacial score (nSPS) is 13.4. The number of ether oxygens (including phenoxy) is 1. The number of benzene rings is 2. The molecule has 0 spiro atoms. The van der Waals surface area contributed by atoms with Gasteiger partial charge in [0.1, 0.15) is 12.3 Å². The van der Waals surface area contributed by atoms with E-state index in [1.165, 1.54) is 4.68 Å². The van der Waals surface area contributed by atoms with Gasteiger partial charge in [0.25, 0.3) is 0 Å². The molecule has 0 aliphatic heterocycles. The van der Waals surface area contributed by atoms with Gasteiger partial charge in [-0.05, 0) is 54.5 Å². The Morgan fingerprint density at radius 3 is 2.63 bits per heavy atom. The van der Waals surface area contributed by atoms with Crippen LogP contribution in [0.25, 0.3) is 0 Å². The van der Waals surface area contributed by atoms with Crippen LogP contribution < -0.4 is 15.7 Å². The zero-order chi connectivity index (χ0) is 18.8. The number of nitrogens with one attached hydrogen (secondary N) is 1. The predicted molar refractivity (Wildman–Crippen MR) is 98.9 cm³/mol. The van der Waals surface area contributed by atoms with E-state index >= 15 is 0 Å². The third kappa shape index (κ3) is 3.89. The van der Waals surface area contributed by atoms with Crippen molar-refractivity contribution in [3.8, 4) is 11.5 Å². The number of amides is 1. The summed E-state index contributed by atoms with van der Waals surface area (Å²) in [4.78, 5) is 24.5. The third-order valence-electron chi connectivity index (χ3n) is 4.26. The highest BCUT2D eigenvalue weighted by molar-refractivity contribution is 5.92. The quantitative estimate of drug-likeness (QED) is 0.725. The molecule has 138 valence electrons. The van der Waals surface area contributed by atoms with Crippen molar-refractivity contribution in [1.82, 2.24) is 19.8 Å². The van der Waals surface area contributed by atoms with Crippen LogP contribution >= 0.6 is 0 Å². The number of aryl methyl sites for hydroxylation is 1. The molecule has 1 saturated carbocycles. The molecular weight excluding hydrogens is 346 g/mol. The molecule has 4 rings (SSSR count). The maximum absolute atomic E-state index is 12.4. The molecule has 8 nitrogen and oxygen atoms in total. The van der Waals surface area contributed by atoms with E-state index in [9.17, 15) is 9.59 Å². The molecule has 1 heterocycles. The molecule has 1 aliphatic rings. The minimum atomic E-state index is -0.375. The maximum Gasteiger partial charge on any atom is 0.364 e. The van der Waals surface area contributed by atoms with Gasteiger partial charge in [0.2, 0.25) is 5.91 Å². The van der Waals surface area contributed by atoms with Crippen molar-refractivity contribution in [2.45, 2.75) is 32.4 Å². The second kappa shape index (κ2) is 7.06. The van der Waals surface area contributed by atoms with E-state index < -0.39 is 0 Å². The van der Waals surface area contributed by atoms with Crippen LogP contribution in [0.2, 0.25) is 0 Å². The van der Waals surface area contributed by atoms with Gasteiger partial charge in [-0.1, -0.05) is 29.8 Å². The van der Waals surface area contributed by atoms with E-state index in [-0.39, 0.29) is 24.2 Å². The number of nitrogens with zero attached hydrogens (tertiary/aromatic N) is 4. The van der Waals surface area contributed by atoms with Crippen LogP contribution in [0.1, 0.15) is 24.4 Å². The standard InChI is InChI=1S/C19H19N5O3/c1-13-6-10-15(11-7-13)27-17-5-3-2-4-16(17)20-18(25)12-23-19(26)24(22-21-23)14-8-9-14/h2-7,10-11,14H,8-9,12H2,1H3,(H,20,25). The minimum Gasteiger partial charge on any atom is -0.455 e. The molecule has 27 heavy (non-hydrogen) atoms. The van der Waals surface area contributed by atoms with Crippen LogP contribution in [-0.4, -0.2) is 25.7 Å².